The van der Waals surface area contributed by atoms with Crippen LogP contribution in [0.4, 0.5) is 11.5 Å². The third-order valence-electron chi connectivity index (χ3n) is 2.85. The molecule has 0 saturated carbocycles. The lowest BCUT2D eigenvalue weighted by molar-refractivity contribution is 0.835. The SMILES string of the molecule is CSc1nc(Cl)c2c(n1)N(Cc1cccnc1)CN2. The number of thioether (sulfide) groups is 1. The Hall–Kier alpha value is -1.53. The lowest BCUT2D eigenvalue weighted by Crippen LogP contribution is -2.22. The van der Waals surface area contributed by atoms with Gasteiger partial charge >= 0.3 is 0 Å². The van der Waals surface area contributed by atoms with Crippen molar-refractivity contribution in [2.24, 2.45) is 0 Å². The number of fused-ring (bicyclic) bond motifs is 1. The van der Waals surface area contributed by atoms with Gasteiger partial charge in [-0.15, -0.1) is 0 Å². The summed E-state index contributed by atoms with van der Waals surface area (Å²) in [5, 5.41) is 4.39. The third kappa shape index (κ3) is 2.46. The molecule has 0 saturated heterocycles. The molecule has 0 amide bonds. The zero-order valence-corrected chi connectivity index (χ0v) is 11.9. The number of pyridine rings is 1. The van der Waals surface area contributed by atoms with E-state index >= 15 is 0 Å². The van der Waals surface area contributed by atoms with E-state index in [0.29, 0.717) is 17.0 Å². The number of hydrogen-bond acceptors (Lipinski definition) is 6. The summed E-state index contributed by atoms with van der Waals surface area (Å²) in [4.78, 5) is 15.0. The van der Waals surface area contributed by atoms with Gasteiger partial charge in [0.25, 0.3) is 0 Å². The smallest absolute Gasteiger partial charge is 0.190 e. The molecule has 1 aliphatic rings. The van der Waals surface area contributed by atoms with E-state index in [1.54, 1.807) is 6.20 Å². The topological polar surface area (TPSA) is 53.9 Å². The van der Waals surface area contributed by atoms with Crippen LogP contribution >= 0.6 is 23.4 Å². The molecule has 5 nitrogen and oxygen atoms in total. The van der Waals surface area contributed by atoms with Gasteiger partial charge in [0.2, 0.25) is 0 Å². The Kier molecular flexibility index (Phi) is 3.44. The summed E-state index contributed by atoms with van der Waals surface area (Å²) in [5.41, 5.74) is 1.95. The fourth-order valence-corrected chi connectivity index (χ4v) is 2.61. The first kappa shape index (κ1) is 12.5. The molecular formula is C12H12ClN5S. The van der Waals surface area contributed by atoms with Crippen molar-refractivity contribution < 1.29 is 0 Å². The lowest BCUT2D eigenvalue weighted by atomic mass is 10.3. The van der Waals surface area contributed by atoms with Gasteiger partial charge in [-0.2, -0.15) is 0 Å². The van der Waals surface area contributed by atoms with Crippen molar-refractivity contribution in [2.45, 2.75) is 11.7 Å². The Morgan fingerprint density at radius 3 is 3.11 bits per heavy atom. The maximum absolute atomic E-state index is 6.16. The molecule has 3 heterocycles. The number of nitrogens with zero attached hydrogens (tertiary/aromatic N) is 4. The first-order valence-electron chi connectivity index (χ1n) is 5.77. The van der Waals surface area contributed by atoms with E-state index in [4.69, 9.17) is 11.6 Å². The molecule has 1 aliphatic heterocycles. The molecule has 2 aromatic heterocycles. The van der Waals surface area contributed by atoms with Crippen molar-refractivity contribution in [1.82, 2.24) is 15.0 Å². The van der Waals surface area contributed by atoms with Gasteiger partial charge in [-0.3, -0.25) is 4.98 Å². The highest BCUT2D eigenvalue weighted by molar-refractivity contribution is 7.98. The van der Waals surface area contributed by atoms with Gasteiger partial charge in [0, 0.05) is 18.9 Å². The van der Waals surface area contributed by atoms with E-state index in [1.807, 2.05) is 24.6 Å². The van der Waals surface area contributed by atoms with Crippen LogP contribution in [0, 0.1) is 0 Å². The van der Waals surface area contributed by atoms with Crippen LogP contribution in [0.5, 0.6) is 0 Å². The molecular weight excluding hydrogens is 282 g/mol. The van der Waals surface area contributed by atoms with Crippen LogP contribution in [0.3, 0.4) is 0 Å². The Bertz CT molecular complexity index is 592. The Balaban J connectivity index is 1.91. The van der Waals surface area contributed by atoms with E-state index in [2.05, 4.69) is 25.2 Å². The van der Waals surface area contributed by atoms with E-state index < -0.39 is 0 Å². The number of aromatic nitrogens is 3. The van der Waals surface area contributed by atoms with Crippen LogP contribution in [-0.2, 0) is 6.54 Å². The first-order chi connectivity index (χ1) is 9.28. The summed E-state index contributed by atoms with van der Waals surface area (Å²) in [6, 6.07) is 3.98. The molecule has 0 spiro atoms. The number of rotatable bonds is 3. The van der Waals surface area contributed by atoms with Crippen LogP contribution in [0.1, 0.15) is 5.56 Å². The molecule has 0 aliphatic carbocycles. The summed E-state index contributed by atoms with van der Waals surface area (Å²) in [5.74, 6) is 0.855. The lowest BCUT2D eigenvalue weighted by Gasteiger charge is -2.16. The van der Waals surface area contributed by atoms with Gasteiger partial charge in [0.1, 0.15) is 5.69 Å². The predicted octanol–water partition coefficient (Wildman–Crippen LogP) is 2.64. The monoisotopic (exact) mass is 293 g/mol. The molecule has 0 radical (unpaired) electrons. The minimum Gasteiger partial charge on any atom is -0.362 e. The van der Waals surface area contributed by atoms with Crippen molar-refractivity contribution >= 4 is 34.9 Å². The molecule has 0 atom stereocenters. The van der Waals surface area contributed by atoms with Gasteiger partial charge in [0.15, 0.2) is 16.1 Å². The van der Waals surface area contributed by atoms with E-state index in [0.717, 1.165) is 23.6 Å². The summed E-state index contributed by atoms with van der Waals surface area (Å²) in [6.45, 7) is 1.42. The van der Waals surface area contributed by atoms with Gasteiger partial charge in [-0.1, -0.05) is 29.4 Å². The molecule has 3 rings (SSSR count). The Morgan fingerprint density at radius 1 is 1.47 bits per heavy atom. The van der Waals surface area contributed by atoms with Crippen LogP contribution in [0.2, 0.25) is 5.15 Å². The summed E-state index contributed by atoms with van der Waals surface area (Å²) < 4.78 is 0. The Labute approximate surface area is 120 Å². The normalized spacial score (nSPS) is 13.3. The van der Waals surface area contributed by atoms with Crippen LogP contribution in [0.25, 0.3) is 0 Å². The Morgan fingerprint density at radius 2 is 2.37 bits per heavy atom. The van der Waals surface area contributed by atoms with Crippen LogP contribution < -0.4 is 10.2 Å². The number of nitrogens with one attached hydrogen (secondary N) is 1. The van der Waals surface area contributed by atoms with Gasteiger partial charge in [-0.05, 0) is 17.9 Å². The van der Waals surface area contributed by atoms with Crippen molar-refractivity contribution in [1.29, 1.82) is 0 Å². The highest BCUT2D eigenvalue weighted by Crippen LogP contribution is 2.36. The molecule has 0 aromatic carbocycles. The zero-order chi connectivity index (χ0) is 13.2. The average Bonchev–Trinajstić information content (AvgIpc) is 2.83. The fraction of sp³-hybridized carbons (Fsp3) is 0.250. The summed E-state index contributed by atoms with van der Waals surface area (Å²) in [6.07, 6.45) is 5.56. The van der Waals surface area contributed by atoms with Crippen molar-refractivity contribution in [2.75, 3.05) is 23.1 Å². The third-order valence-corrected chi connectivity index (χ3v) is 3.67. The van der Waals surface area contributed by atoms with Gasteiger partial charge in [0.05, 0.1) is 6.67 Å². The molecule has 1 N–H and O–H groups in total. The maximum Gasteiger partial charge on any atom is 0.190 e. The molecule has 2 aromatic rings. The fourth-order valence-electron chi connectivity index (χ4n) is 1.97. The summed E-state index contributed by atoms with van der Waals surface area (Å²) in [7, 11) is 0. The van der Waals surface area contributed by atoms with Crippen molar-refractivity contribution in [3.05, 3.63) is 35.2 Å². The summed E-state index contributed by atoms with van der Waals surface area (Å²) >= 11 is 7.64. The average molecular weight is 294 g/mol. The number of hydrogen-bond donors (Lipinski definition) is 1. The molecule has 98 valence electrons. The second kappa shape index (κ2) is 5.22. The standard InChI is InChI=1S/C12H12ClN5S/c1-19-12-16-10(13)9-11(17-12)18(7-15-9)6-8-3-2-4-14-5-8/h2-5,15H,6-7H2,1H3. The van der Waals surface area contributed by atoms with E-state index in [1.165, 1.54) is 11.8 Å². The van der Waals surface area contributed by atoms with E-state index in [9.17, 15) is 0 Å². The minimum absolute atomic E-state index is 0.475. The molecule has 0 bridgehead atoms. The van der Waals surface area contributed by atoms with E-state index in [-0.39, 0.29) is 0 Å². The highest BCUT2D eigenvalue weighted by atomic mass is 35.5. The minimum atomic E-state index is 0.475. The highest BCUT2D eigenvalue weighted by Gasteiger charge is 2.24. The first-order valence-corrected chi connectivity index (χ1v) is 7.37. The van der Waals surface area contributed by atoms with Crippen molar-refractivity contribution in [3.63, 3.8) is 0 Å². The molecule has 19 heavy (non-hydrogen) atoms. The van der Waals surface area contributed by atoms with Gasteiger partial charge < -0.3 is 10.2 Å². The van der Waals surface area contributed by atoms with Crippen LogP contribution in [0.15, 0.2) is 29.7 Å². The molecule has 0 fully saturated rings. The predicted molar refractivity (Wildman–Crippen MR) is 77.7 cm³/mol. The van der Waals surface area contributed by atoms with Crippen LogP contribution in [-0.4, -0.2) is 27.9 Å². The zero-order valence-electron chi connectivity index (χ0n) is 10.3. The second-order valence-corrected chi connectivity index (χ2v) is 5.23. The maximum atomic E-state index is 6.16. The number of halogens is 1. The van der Waals surface area contributed by atoms with Gasteiger partial charge in [-0.25, -0.2) is 9.97 Å². The molecule has 7 heteroatoms. The van der Waals surface area contributed by atoms with Crippen molar-refractivity contribution in [3.8, 4) is 0 Å². The quantitative estimate of drug-likeness (QED) is 0.533. The largest absolute Gasteiger partial charge is 0.362 e. The number of anilines is 2. The molecule has 0 unspecified atom stereocenters. The second-order valence-electron chi connectivity index (χ2n) is 4.09.